The van der Waals surface area contributed by atoms with Gasteiger partial charge in [0.2, 0.25) is 0 Å². The van der Waals surface area contributed by atoms with Crippen LogP contribution in [0, 0.1) is 19.7 Å². The number of ketones is 1. The highest BCUT2D eigenvalue weighted by Gasteiger charge is 2.46. The van der Waals surface area contributed by atoms with Crippen LogP contribution < -0.4 is 4.74 Å². The maximum Gasteiger partial charge on any atom is 0.295 e. The van der Waals surface area contributed by atoms with Crippen LogP contribution in [0.25, 0.3) is 5.76 Å². The molecule has 1 N–H and O–H groups in total. The second-order valence-electron chi connectivity index (χ2n) is 7.88. The normalized spacial score (nSPS) is 18.0. The minimum Gasteiger partial charge on any atom is -0.507 e. The molecule has 0 radical (unpaired) electrons. The van der Waals surface area contributed by atoms with Gasteiger partial charge in [-0.2, -0.15) is 0 Å². The van der Waals surface area contributed by atoms with Gasteiger partial charge in [-0.15, -0.1) is 0 Å². The zero-order chi connectivity index (χ0) is 22.7. The molecule has 1 fully saturated rings. The van der Waals surface area contributed by atoms with Crippen LogP contribution in [0.5, 0.6) is 5.75 Å². The first-order valence-electron chi connectivity index (χ1n) is 10.5. The van der Waals surface area contributed by atoms with Crippen molar-refractivity contribution in [1.82, 2.24) is 4.90 Å². The highest BCUT2D eigenvalue weighted by molar-refractivity contribution is 6.46. The summed E-state index contributed by atoms with van der Waals surface area (Å²) in [5.41, 5.74) is 2.02. The number of benzene rings is 2. The molecule has 0 saturated carbocycles. The number of nitrogens with zero attached hydrogens (tertiary/aromatic N) is 1. The van der Waals surface area contributed by atoms with Crippen LogP contribution in [0.2, 0.25) is 0 Å². The largest absolute Gasteiger partial charge is 0.507 e. The number of hydrogen-bond donors (Lipinski definition) is 1. The Balaban J connectivity index is 2.24. The predicted molar refractivity (Wildman–Crippen MR) is 117 cm³/mol. The van der Waals surface area contributed by atoms with E-state index >= 15 is 0 Å². The molecule has 0 aromatic heterocycles. The quantitative estimate of drug-likeness (QED) is 0.291. The van der Waals surface area contributed by atoms with E-state index in [9.17, 15) is 19.1 Å². The SMILES string of the molecule is CCCCCN1C(=O)C(=O)/C(=C(/O)c2cc(C)cc(C)c2OC)C1c1ccccc1F. The molecule has 1 aliphatic rings. The monoisotopic (exact) mass is 425 g/mol. The first-order valence-corrected chi connectivity index (χ1v) is 10.5. The number of hydrogen-bond acceptors (Lipinski definition) is 4. The number of likely N-dealkylation sites (tertiary alicyclic amines) is 1. The predicted octanol–water partition coefficient (Wildman–Crippen LogP) is 5.06. The highest BCUT2D eigenvalue weighted by atomic mass is 19.1. The number of halogens is 1. The molecule has 0 aliphatic carbocycles. The fourth-order valence-corrected chi connectivity index (χ4v) is 4.21. The molecule has 1 amide bonds. The topological polar surface area (TPSA) is 66.8 Å². The Bertz CT molecular complexity index is 1040. The summed E-state index contributed by atoms with van der Waals surface area (Å²) in [5.74, 6) is -2.02. The molecule has 31 heavy (non-hydrogen) atoms. The third-order valence-corrected chi connectivity index (χ3v) is 5.62. The van der Waals surface area contributed by atoms with Crippen LogP contribution >= 0.6 is 0 Å². The summed E-state index contributed by atoms with van der Waals surface area (Å²) < 4.78 is 20.3. The van der Waals surface area contributed by atoms with E-state index in [1.807, 2.05) is 26.8 Å². The van der Waals surface area contributed by atoms with E-state index in [2.05, 4.69) is 0 Å². The third kappa shape index (κ3) is 4.20. The van der Waals surface area contributed by atoms with Crippen molar-refractivity contribution in [1.29, 1.82) is 0 Å². The van der Waals surface area contributed by atoms with E-state index in [0.29, 0.717) is 24.3 Å². The molecular formula is C25H28FNO4. The molecule has 164 valence electrons. The van der Waals surface area contributed by atoms with Gasteiger partial charge in [-0.3, -0.25) is 9.59 Å². The van der Waals surface area contributed by atoms with E-state index in [1.165, 1.54) is 18.1 Å². The summed E-state index contributed by atoms with van der Waals surface area (Å²) in [6.07, 6.45) is 2.49. The number of aryl methyl sites for hydroxylation is 2. The molecule has 0 bridgehead atoms. The summed E-state index contributed by atoms with van der Waals surface area (Å²) in [6, 6.07) is 8.64. The van der Waals surface area contributed by atoms with Crippen molar-refractivity contribution < 1.29 is 23.8 Å². The molecule has 1 saturated heterocycles. The Morgan fingerprint density at radius 2 is 1.87 bits per heavy atom. The third-order valence-electron chi connectivity index (χ3n) is 5.62. The maximum atomic E-state index is 14.8. The number of ether oxygens (including phenoxy) is 1. The molecule has 1 atom stereocenters. The number of amides is 1. The standard InChI is InChI=1S/C25H28FNO4/c1-5-6-9-12-27-21(17-10-7-8-11-19(17)26)20(23(29)25(27)30)22(28)18-14-15(2)13-16(3)24(18)31-4/h7-8,10-11,13-14,21,28H,5-6,9,12H2,1-4H3/b22-20+. The van der Waals surface area contributed by atoms with E-state index in [0.717, 1.165) is 24.0 Å². The highest BCUT2D eigenvalue weighted by Crippen LogP contribution is 2.42. The molecule has 1 aliphatic heterocycles. The van der Waals surface area contributed by atoms with Gasteiger partial charge in [0.25, 0.3) is 11.7 Å². The van der Waals surface area contributed by atoms with Crippen LogP contribution in [-0.2, 0) is 9.59 Å². The van der Waals surface area contributed by atoms with Gasteiger partial charge < -0.3 is 14.7 Å². The van der Waals surface area contributed by atoms with Gasteiger partial charge in [0.1, 0.15) is 17.3 Å². The lowest BCUT2D eigenvalue weighted by molar-refractivity contribution is -0.139. The molecule has 0 spiro atoms. The first kappa shape index (κ1) is 22.5. The summed E-state index contributed by atoms with van der Waals surface area (Å²) in [4.78, 5) is 27.3. The minimum absolute atomic E-state index is 0.116. The van der Waals surface area contributed by atoms with Crippen LogP contribution in [0.4, 0.5) is 4.39 Å². The maximum absolute atomic E-state index is 14.8. The zero-order valence-corrected chi connectivity index (χ0v) is 18.4. The van der Waals surface area contributed by atoms with E-state index < -0.39 is 23.5 Å². The lowest BCUT2D eigenvalue weighted by Crippen LogP contribution is -2.31. The van der Waals surface area contributed by atoms with Crippen molar-refractivity contribution >= 4 is 17.4 Å². The molecule has 1 heterocycles. The number of Topliss-reactive ketones (excluding diaryl/α,β-unsaturated/α-hetero) is 1. The number of aliphatic hydroxyl groups is 1. The summed E-state index contributed by atoms with van der Waals surface area (Å²) in [5, 5.41) is 11.3. The average Bonchev–Trinajstić information content (AvgIpc) is 2.98. The number of rotatable bonds is 7. The van der Waals surface area contributed by atoms with Gasteiger partial charge in [0.05, 0.1) is 24.3 Å². The van der Waals surface area contributed by atoms with Crippen molar-refractivity contribution in [2.45, 2.75) is 46.1 Å². The van der Waals surface area contributed by atoms with Gasteiger partial charge in [-0.25, -0.2) is 4.39 Å². The Labute approximate surface area is 182 Å². The first-order chi connectivity index (χ1) is 14.8. The number of carbonyl (C=O) groups excluding carboxylic acids is 2. The molecule has 5 nitrogen and oxygen atoms in total. The second-order valence-corrected chi connectivity index (χ2v) is 7.88. The van der Waals surface area contributed by atoms with Crippen molar-refractivity contribution in [3.8, 4) is 5.75 Å². The van der Waals surface area contributed by atoms with Crippen LogP contribution in [0.15, 0.2) is 42.0 Å². The van der Waals surface area contributed by atoms with Crippen LogP contribution in [0.3, 0.4) is 0 Å². The minimum atomic E-state index is -0.997. The van der Waals surface area contributed by atoms with E-state index in [-0.39, 0.29) is 16.9 Å². The number of unbranched alkanes of at least 4 members (excludes halogenated alkanes) is 2. The van der Waals surface area contributed by atoms with Crippen molar-refractivity contribution in [2.24, 2.45) is 0 Å². The van der Waals surface area contributed by atoms with Crippen molar-refractivity contribution in [2.75, 3.05) is 13.7 Å². The summed E-state index contributed by atoms with van der Waals surface area (Å²) in [6.45, 7) is 6.04. The second kappa shape index (κ2) is 9.33. The summed E-state index contributed by atoms with van der Waals surface area (Å²) >= 11 is 0. The molecular weight excluding hydrogens is 397 g/mol. The Morgan fingerprint density at radius 1 is 1.16 bits per heavy atom. The molecule has 2 aromatic carbocycles. The number of methoxy groups -OCH3 is 1. The fraction of sp³-hybridized carbons (Fsp3) is 0.360. The van der Waals surface area contributed by atoms with E-state index in [4.69, 9.17) is 4.74 Å². The van der Waals surface area contributed by atoms with Gasteiger partial charge in [-0.1, -0.05) is 44.0 Å². The van der Waals surface area contributed by atoms with Crippen LogP contribution in [-0.4, -0.2) is 35.4 Å². The molecule has 6 heteroatoms. The Morgan fingerprint density at radius 3 is 2.52 bits per heavy atom. The zero-order valence-electron chi connectivity index (χ0n) is 18.4. The lowest BCUT2D eigenvalue weighted by atomic mass is 9.93. The van der Waals surface area contributed by atoms with Gasteiger partial charge in [0, 0.05) is 12.1 Å². The Hall–Kier alpha value is -3.15. The summed E-state index contributed by atoms with van der Waals surface area (Å²) in [7, 11) is 1.48. The fourth-order valence-electron chi connectivity index (χ4n) is 4.21. The molecule has 1 unspecified atom stereocenters. The number of carbonyl (C=O) groups is 2. The van der Waals surface area contributed by atoms with Crippen molar-refractivity contribution in [3.05, 3.63) is 70.0 Å². The average molecular weight is 426 g/mol. The van der Waals surface area contributed by atoms with Crippen LogP contribution in [0.1, 0.15) is 54.5 Å². The smallest absolute Gasteiger partial charge is 0.295 e. The molecule has 3 rings (SSSR count). The van der Waals surface area contributed by atoms with Gasteiger partial charge in [-0.05, 0) is 43.5 Å². The molecule has 2 aromatic rings. The van der Waals surface area contributed by atoms with Gasteiger partial charge >= 0.3 is 0 Å². The Kier molecular flexibility index (Phi) is 6.78. The van der Waals surface area contributed by atoms with E-state index in [1.54, 1.807) is 24.3 Å². The number of aliphatic hydroxyl groups excluding tert-OH is 1. The van der Waals surface area contributed by atoms with Gasteiger partial charge in [0.15, 0.2) is 0 Å². The van der Waals surface area contributed by atoms with Crippen molar-refractivity contribution in [3.63, 3.8) is 0 Å². The lowest BCUT2D eigenvalue weighted by Gasteiger charge is -2.26.